The van der Waals surface area contributed by atoms with Crippen LogP contribution in [0.3, 0.4) is 0 Å². The molecule has 0 spiro atoms. The highest BCUT2D eigenvalue weighted by Gasteiger charge is 2.38. The lowest BCUT2D eigenvalue weighted by molar-refractivity contribution is -0.136. The van der Waals surface area contributed by atoms with E-state index in [1.54, 1.807) is 7.11 Å². The Bertz CT molecular complexity index is 893. The summed E-state index contributed by atoms with van der Waals surface area (Å²) in [4.78, 5) is 28.1. The molecular formula is C24H27NO4S. The average Bonchev–Trinajstić information content (AvgIpc) is 3.01. The predicted molar refractivity (Wildman–Crippen MR) is 120 cm³/mol. The molecule has 0 saturated heterocycles. The molecule has 30 heavy (non-hydrogen) atoms. The molecule has 0 aromatic heterocycles. The Morgan fingerprint density at radius 3 is 2.33 bits per heavy atom. The second kappa shape index (κ2) is 11.0. The normalized spacial score (nSPS) is 14.0. The number of hydrogen-bond donors (Lipinski definition) is 0. The SMILES string of the molecule is CCCOc1ccc(C2=C(SCc3ccccc3)C(=O)N(CCCOC)C2=O)cc1. The van der Waals surface area contributed by atoms with Crippen molar-refractivity contribution in [2.24, 2.45) is 0 Å². The quantitative estimate of drug-likeness (QED) is 0.391. The maximum atomic E-state index is 13.2. The van der Waals surface area contributed by atoms with E-state index in [0.29, 0.717) is 42.4 Å². The molecule has 3 rings (SSSR count). The molecular weight excluding hydrogens is 398 g/mol. The number of carbonyl (C=O) groups excluding carboxylic acids is 2. The first-order valence-electron chi connectivity index (χ1n) is 10.1. The summed E-state index contributed by atoms with van der Waals surface area (Å²) in [6, 6.07) is 17.3. The Labute approximate surface area is 182 Å². The Morgan fingerprint density at radius 1 is 0.933 bits per heavy atom. The fourth-order valence-electron chi connectivity index (χ4n) is 3.18. The van der Waals surface area contributed by atoms with Gasteiger partial charge in [-0.05, 0) is 36.1 Å². The monoisotopic (exact) mass is 425 g/mol. The third-order valence-corrected chi connectivity index (χ3v) is 5.84. The summed E-state index contributed by atoms with van der Waals surface area (Å²) in [7, 11) is 1.61. The maximum Gasteiger partial charge on any atom is 0.267 e. The zero-order valence-electron chi connectivity index (χ0n) is 17.4. The van der Waals surface area contributed by atoms with Crippen molar-refractivity contribution in [3.8, 4) is 5.75 Å². The zero-order valence-corrected chi connectivity index (χ0v) is 18.2. The van der Waals surface area contributed by atoms with E-state index in [4.69, 9.17) is 9.47 Å². The number of carbonyl (C=O) groups is 2. The summed E-state index contributed by atoms with van der Waals surface area (Å²) in [5, 5.41) is 0. The lowest BCUT2D eigenvalue weighted by Gasteiger charge is -2.14. The number of ether oxygens (including phenoxy) is 2. The third-order valence-electron chi connectivity index (χ3n) is 4.70. The highest BCUT2D eigenvalue weighted by molar-refractivity contribution is 8.03. The van der Waals surface area contributed by atoms with Crippen LogP contribution in [0.15, 0.2) is 59.5 Å². The number of nitrogens with zero attached hydrogens (tertiary/aromatic N) is 1. The summed E-state index contributed by atoms with van der Waals surface area (Å²) in [5.74, 6) is 0.920. The molecule has 0 fully saturated rings. The van der Waals surface area contributed by atoms with Gasteiger partial charge in [-0.2, -0.15) is 0 Å². The van der Waals surface area contributed by atoms with Crippen LogP contribution in [0.25, 0.3) is 5.57 Å². The van der Waals surface area contributed by atoms with E-state index in [1.807, 2.05) is 54.6 Å². The van der Waals surface area contributed by atoms with Crippen LogP contribution in [-0.4, -0.2) is 43.6 Å². The molecule has 1 heterocycles. The van der Waals surface area contributed by atoms with Crippen molar-refractivity contribution in [1.82, 2.24) is 4.90 Å². The molecule has 158 valence electrons. The van der Waals surface area contributed by atoms with Crippen molar-refractivity contribution in [3.05, 3.63) is 70.6 Å². The van der Waals surface area contributed by atoms with Crippen molar-refractivity contribution in [3.63, 3.8) is 0 Å². The predicted octanol–water partition coefficient (Wildman–Crippen LogP) is 4.53. The van der Waals surface area contributed by atoms with Crippen LogP contribution < -0.4 is 4.74 Å². The van der Waals surface area contributed by atoms with Crippen LogP contribution in [0.1, 0.15) is 30.9 Å². The van der Waals surface area contributed by atoms with E-state index in [-0.39, 0.29) is 11.8 Å². The maximum absolute atomic E-state index is 13.2. The van der Waals surface area contributed by atoms with E-state index in [1.165, 1.54) is 16.7 Å². The first kappa shape index (κ1) is 22.1. The summed E-state index contributed by atoms with van der Waals surface area (Å²) < 4.78 is 10.7. The van der Waals surface area contributed by atoms with E-state index < -0.39 is 0 Å². The number of amides is 2. The largest absolute Gasteiger partial charge is 0.494 e. The Balaban J connectivity index is 1.86. The van der Waals surface area contributed by atoms with Crippen molar-refractivity contribution >= 4 is 29.1 Å². The minimum atomic E-state index is -0.242. The molecule has 0 N–H and O–H groups in total. The molecule has 2 aromatic carbocycles. The van der Waals surface area contributed by atoms with Crippen LogP contribution in [0.4, 0.5) is 0 Å². The highest BCUT2D eigenvalue weighted by atomic mass is 32.2. The number of thioether (sulfide) groups is 1. The highest BCUT2D eigenvalue weighted by Crippen LogP contribution is 2.38. The Morgan fingerprint density at radius 2 is 1.67 bits per heavy atom. The number of imide groups is 1. The van der Waals surface area contributed by atoms with Gasteiger partial charge < -0.3 is 9.47 Å². The van der Waals surface area contributed by atoms with Crippen molar-refractivity contribution in [2.45, 2.75) is 25.5 Å². The zero-order chi connectivity index (χ0) is 21.3. The first-order valence-corrected chi connectivity index (χ1v) is 11.1. The number of benzene rings is 2. The summed E-state index contributed by atoms with van der Waals surface area (Å²) >= 11 is 1.42. The summed E-state index contributed by atoms with van der Waals surface area (Å²) in [6.45, 7) is 3.55. The van der Waals surface area contributed by atoms with Crippen LogP contribution in [0.2, 0.25) is 0 Å². The molecule has 2 amide bonds. The van der Waals surface area contributed by atoms with Crippen LogP contribution >= 0.6 is 11.8 Å². The van der Waals surface area contributed by atoms with Crippen molar-refractivity contribution in [1.29, 1.82) is 0 Å². The molecule has 0 aliphatic carbocycles. The molecule has 5 nitrogen and oxygen atoms in total. The Hall–Kier alpha value is -2.57. The molecule has 0 atom stereocenters. The van der Waals surface area contributed by atoms with Gasteiger partial charge in [0.15, 0.2) is 0 Å². The van der Waals surface area contributed by atoms with Gasteiger partial charge in [0.25, 0.3) is 11.8 Å². The van der Waals surface area contributed by atoms with Gasteiger partial charge >= 0.3 is 0 Å². The van der Waals surface area contributed by atoms with Crippen LogP contribution in [0, 0.1) is 0 Å². The molecule has 6 heteroatoms. The van der Waals surface area contributed by atoms with Gasteiger partial charge in [0.05, 0.1) is 17.1 Å². The molecule has 0 unspecified atom stereocenters. The smallest absolute Gasteiger partial charge is 0.267 e. The number of hydrogen-bond acceptors (Lipinski definition) is 5. The van der Waals surface area contributed by atoms with E-state index in [9.17, 15) is 9.59 Å². The van der Waals surface area contributed by atoms with Gasteiger partial charge in [-0.3, -0.25) is 14.5 Å². The fraction of sp³-hybridized carbons (Fsp3) is 0.333. The minimum absolute atomic E-state index is 0.224. The van der Waals surface area contributed by atoms with Crippen molar-refractivity contribution < 1.29 is 19.1 Å². The van der Waals surface area contributed by atoms with E-state index in [2.05, 4.69) is 6.92 Å². The standard InChI is InChI=1S/C24H27NO4S/c1-3-15-29-20-12-10-19(11-13-20)21-22(30-17-18-8-5-4-6-9-18)24(27)25(23(21)26)14-7-16-28-2/h4-6,8-13H,3,7,14-17H2,1-2H3. The molecule has 1 aliphatic heterocycles. The lowest BCUT2D eigenvalue weighted by Crippen LogP contribution is -2.33. The van der Waals surface area contributed by atoms with Gasteiger partial charge in [-0.25, -0.2) is 0 Å². The molecule has 2 aromatic rings. The number of rotatable bonds is 11. The second-order valence-electron chi connectivity index (χ2n) is 6.96. The van der Waals surface area contributed by atoms with Crippen LogP contribution in [0.5, 0.6) is 5.75 Å². The van der Waals surface area contributed by atoms with Gasteiger partial charge in [-0.15, -0.1) is 11.8 Å². The fourth-order valence-corrected chi connectivity index (χ4v) is 4.27. The van der Waals surface area contributed by atoms with Gasteiger partial charge in [0, 0.05) is 26.0 Å². The topological polar surface area (TPSA) is 55.8 Å². The lowest BCUT2D eigenvalue weighted by atomic mass is 10.1. The molecule has 0 saturated carbocycles. The van der Waals surface area contributed by atoms with Gasteiger partial charge in [-0.1, -0.05) is 49.4 Å². The summed E-state index contributed by atoms with van der Waals surface area (Å²) in [5.41, 5.74) is 2.32. The van der Waals surface area contributed by atoms with E-state index in [0.717, 1.165) is 23.3 Å². The molecule has 0 bridgehead atoms. The first-order chi connectivity index (χ1) is 14.7. The van der Waals surface area contributed by atoms with Gasteiger partial charge in [0.1, 0.15) is 5.75 Å². The second-order valence-corrected chi connectivity index (χ2v) is 7.95. The third kappa shape index (κ3) is 5.32. The number of methoxy groups -OCH3 is 1. The van der Waals surface area contributed by atoms with E-state index >= 15 is 0 Å². The minimum Gasteiger partial charge on any atom is -0.494 e. The summed E-state index contributed by atoms with van der Waals surface area (Å²) in [6.07, 6.45) is 1.54. The van der Waals surface area contributed by atoms with Gasteiger partial charge in [0.2, 0.25) is 0 Å². The molecule has 0 radical (unpaired) electrons. The average molecular weight is 426 g/mol. The van der Waals surface area contributed by atoms with Crippen LogP contribution in [-0.2, 0) is 20.1 Å². The van der Waals surface area contributed by atoms with Crippen molar-refractivity contribution in [2.75, 3.05) is 26.9 Å². The Kier molecular flexibility index (Phi) is 8.11. The molecule has 1 aliphatic rings.